The second-order valence-electron chi connectivity index (χ2n) is 7.35. The number of amides is 2. The molecule has 122 valence electrons. The molecule has 2 rings (SSSR count). The summed E-state index contributed by atoms with van der Waals surface area (Å²) in [6.45, 7) is 8.85. The Kier molecular flexibility index (Phi) is 5.67. The maximum atomic E-state index is 12.4. The van der Waals surface area contributed by atoms with E-state index >= 15 is 0 Å². The number of hydrogen-bond acceptors (Lipinski definition) is 3. The van der Waals surface area contributed by atoms with Crippen LogP contribution in [0.15, 0.2) is 0 Å². The Morgan fingerprint density at radius 2 is 1.86 bits per heavy atom. The van der Waals surface area contributed by atoms with Crippen LogP contribution in [0, 0.1) is 17.3 Å². The fourth-order valence-electron chi connectivity index (χ4n) is 3.24. The molecule has 2 aliphatic rings. The molecular formula is C15H28ClN3O2. The average molecular weight is 318 g/mol. The number of nitrogens with zero attached hydrogens (tertiary/aromatic N) is 1. The molecule has 0 radical (unpaired) electrons. The molecule has 2 amide bonds. The third-order valence-electron chi connectivity index (χ3n) is 4.62. The number of halogens is 1. The molecule has 4 unspecified atom stereocenters. The van der Waals surface area contributed by atoms with Crippen LogP contribution >= 0.6 is 12.4 Å². The first-order valence-corrected chi connectivity index (χ1v) is 7.55. The van der Waals surface area contributed by atoms with E-state index in [0.717, 1.165) is 25.9 Å². The number of nitrogens with one attached hydrogen (secondary N) is 1. The van der Waals surface area contributed by atoms with Crippen molar-refractivity contribution in [3.05, 3.63) is 0 Å². The van der Waals surface area contributed by atoms with Crippen molar-refractivity contribution in [1.29, 1.82) is 0 Å². The molecule has 1 aliphatic carbocycles. The summed E-state index contributed by atoms with van der Waals surface area (Å²) < 4.78 is 0. The molecule has 1 heterocycles. The van der Waals surface area contributed by atoms with Gasteiger partial charge in [-0.15, -0.1) is 12.4 Å². The van der Waals surface area contributed by atoms with Gasteiger partial charge < -0.3 is 16.0 Å². The number of fused-ring (bicyclic) bond motifs is 1. The molecule has 3 N–H and O–H groups in total. The van der Waals surface area contributed by atoms with Crippen molar-refractivity contribution in [3.63, 3.8) is 0 Å². The molecule has 1 saturated carbocycles. The summed E-state index contributed by atoms with van der Waals surface area (Å²) >= 11 is 0. The summed E-state index contributed by atoms with van der Waals surface area (Å²) in [6, 6.07) is -0.228. The van der Waals surface area contributed by atoms with Gasteiger partial charge in [0.1, 0.15) is 6.04 Å². The zero-order valence-electron chi connectivity index (χ0n) is 13.4. The number of carbonyl (C=O) groups excluding carboxylic acids is 2. The van der Waals surface area contributed by atoms with Crippen molar-refractivity contribution in [2.24, 2.45) is 23.0 Å². The summed E-state index contributed by atoms with van der Waals surface area (Å²) in [5.74, 6) is 0.933. The van der Waals surface area contributed by atoms with Crippen molar-refractivity contribution in [2.45, 2.75) is 52.6 Å². The van der Waals surface area contributed by atoms with Crippen molar-refractivity contribution in [3.8, 4) is 0 Å². The van der Waals surface area contributed by atoms with Gasteiger partial charge in [-0.25, -0.2) is 0 Å². The first kappa shape index (κ1) is 18.2. The molecule has 0 bridgehead atoms. The third kappa shape index (κ3) is 3.89. The maximum Gasteiger partial charge on any atom is 0.244 e. The molecule has 0 aromatic carbocycles. The van der Waals surface area contributed by atoms with Gasteiger partial charge in [-0.2, -0.15) is 0 Å². The quantitative estimate of drug-likeness (QED) is 0.802. The van der Waals surface area contributed by atoms with Crippen LogP contribution in [0.1, 0.15) is 40.5 Å². The van der Waals surface area contributed by atoms with Crippen LogP contribution in [0.3, 0.4) is 0 Å². The molecule has 1 saturated heterocycles. The van der Waals surface area contributed by atoms with E-state index in [4.69, 9.17) is 5.73 Å². The minimum atomic E-state index is -0.474. The van der Waals surface area contributed by atoms with Crippen molar-refractivity contribution < 1.29 is 9.59 Å². The largest absolute Gasteiger partial charge is 0.344 e. The minimum absolute atomic E-state index is 0. The fourth-order valence-corrected chi connectivity index (χ4v) is 3.24. The summed E-state index contributed by atoms with van der Waals surface area (Å²) in [5, 5.41) is 2.81. The number of carbonyl (C=O) groups is 2. The molecule has 0 aromatic rings. The Bertz CT molecular complexity index is 408. The van der Waals surface area contributed by atoms with Crippen LogP contribution in [0.5, 0.6) is 0 Å². The zero-order valence-corrected chi connectivity index (χ0v) is 14.2. The van der Waals surface area contributed by atoms with Gasteiger partial charge in [0.05, 0.1) is 0 Å². The monoisotopic (exact) mass is 317 g/mol. The zero-order chi connectivity index (χ0) is 15.1. The van der Waals surface area contributed by atoms with Gasteiger partial charge in [-0.05, 0) is 31.6 Å². The summed E-state index contributed by atoms with van der Waals surface area (Å²) in [7, 11) is 0. The Morgan fingerprint density at radius 3 is 2.38 bits per heavy atom. The second kappa shape index (κ2) is 6.53. The van der Waals surface area contributed by atoms with E-state index < -0.39 is 11.5 Å². The van der Waals surface area contributed by atoms with Gasteiger partial charge in [0.2, 0.25) is 11.8 Å². The van der Waals surface area contributed by atoms with E-state index in [2.05, 4.69) is 5.32 Å². The molecule has 0 spiro atoms. The molecule has 2 fully saturated rings. The highest BCUT2D eigenvalue weighted by Gasteiger charge is 2.43. The van der Waals surface area contributed by atoms with Crippen LogP contribution in [-0.4, -0.2) is 41.9 Å². The molecule has 1 aliphatic heterocycles. The van der Waals surface area contributed by atoms with Crippen molar-refractivity contribution in [2.75, 3.05) is 13.1 Å². The fraction of sp³-hybridized carbons (Fsp3) is 0.867. The van der Waals surface area contributed by atoms with E-state index in [1.165, 1.54) is 0 Å². The molecule has 4 atom stereocenters. The van der Waals surface area contributed by atoms with Crippen molar-refractivity contribution in [1.82, 2.24) is 10.2 Å². The van der Waals surface area contributed by atoms with Gasteiger partial charge in [0.25, 0.3) is 0 Å². The number of nitrogens with two attached hydrogens (primary N) is 1. The van der Waals surface area contributed by atoms with Gasteiger partial charge in [0, 0.05) is 24.5 Å². The number of rotatable bonds is 2. The number of likely N-dealkylation sites (tertiary alicyclic amines) is 1. The highest BCUT2D eigenvalue weighted by atomic mass is 35.5. The molecule has 6 heteroatoms. The van der Waals surface area contributed by atoms with E-state index in [0.29, 0.717) is 11.8 Å². The maximum absolute atomic E-state index is 12.4. The Labute approximate surface area is 133 Å². The lowest BCUT2D eigenvalue weighted by molar-refractivity contribution is -0.137. The van der Waals surface area contributed by atoms with Crippen molar-refractivity contribution >= 4 is 24.2 Å². The first-order valence-electron chi connectivity index (χ1n) is 7.55. The number of hydrogen-bond donors (Lipinski definition) is 2. The van der Waals surface area contributed by atoms with Gasteiger partial charge in [-0.1, -0.05) is 20.8 Å². The predicted molar refractivity (Wildman–Crippen MR) is 85.1 cm³/mol. The van der Waals surface area contributed by atoms with Crippen LogP contribution in [0.2, 0.25) is 0 Å². The Morgan fingerprint density at radius 1 is 1.24 bits per heavy atom. The van der Waals surface area contributed by atoms with Crippen LogP contribution < -0.4 is 11.1 Å². The lowest BCUT2D eigenvalue weighted by Crippen LogP contribution is -2.49. The Hall–Kier alpha value is -0.810. The highest BCUT2D eigenvalue weighted by molar-refractivity contribution is 5.89. The third-order valence-corrected chi connectivity index (χ3v) is 4.62. The summed E-state index contributed by atoms with van der Waals surface area (Å²) in [4.78, 5) is 26.2. The summed E-state index contributed by atoms with van der Waals surface area (Å²) in [5.41, 5.74) is 5.61. The lowest BCUT2D eigenvalue weighted by atomic mass is 9.95. The van der Waals surface area contributed by atoms with Gasteiger partial charge in [0.15, 0.2) is 0 Å². The molecule has 5 nitrogen and oxygen atoms in total. The topological polar surface area (TPSA) is 75.4 Å². The smallest absolute Gasteiger partial charge is 0.244 e. The predicted octanol–water partition coefficient (Wildman–Crippen LogP) is 1.15. The Balaban J connectivity index is 0.00000220. The molecule has 0 aromatic heterocycles. The second-order valence-corrected chi connectivity index (χ2v) is 7.35. The SMILES string of the molecule is CC(NC(=O)C(C)(C)C)C(=O)N1CC2CCC(N)C2C1.Cl. The average Bonchev–Trinajstić information content (AvgIpc) is 2.89. The minimum Gasteiger partial charge on any atom is -0.344 e. The standard InChI is InChI=1S/C15H27N3O2.ClH/c1-9(17-14(20)15(2,3)4)13(19)18-7-10-5-6-12(16)11(10)8-18;/h9-12H,5-8,16H2,1-4H3,(H,17,20);1H. The van der Waals surface area contributed by atoms with E-state index in [9.17, 15) is 9.59 Å². The molecule has 21 heavy (non-hydrogen) atoms. The molecular weight excluding hydrogens is 290 g/mol. The van der Waals surface area contributed by atoms with Crippen LogP contribution in [0.25, 0.3) is 0 Å². The summed E-state index contributed by atoms with van der Waals surface area (Å²) in [6.07, 6.45) is 2.20. The first-order chi connectivity index (χ1) is 9.20. The highest BCUT2D eigenvalue weighted by Crippen LogP contribution is 2.37. The lowest BCUT2D eigenvalue weighted by Gasteiger charge is -2.26. The normalized spacial score (nSPS) is 29.6. The van der Waals surface area contributed by atoms with E-state index in [-0.39, 0.29) is 30.3 Å². The van der Waals surface area contributed by atoms with E-state index in [1.54, 1.807) is 6.92 Å². The van der Waals surface area contributed by atoms with Crippen LogP contribution in [0.4, 0.5) is 0 Å². The van der Waals surface area contributed by atoms with Gasteiger partial charge in [-0.3, -0.25) is 9.59 Å². The van der Waals surface area contributed by atoms with Gasteiger partial charge >= 0.3 is 0 Å². The van der Waals surface area contributed by atoms with Crippen LogP contribution in [-0.2, 0) is 9.59 Å². The van der Waals surface area contributed by atoms with E-state index in [1.807, 2.05) is 25.7 Å².